The van der Waals surface area contributed by atoms with Crippen molar-refractivity contribution < 1.29 is 0 Å². The van der Waals surface area contributed by atoms with E-state index in [4.69, 9.17) is 5.73 Å². The van der Waals surface area contributed by atoms with E-state index >= 15 is 0 Å². The van der Waals surface area contributed by atoms with Gasteiger partial charge in [-0.3, -0.25) is 0 Å². The third-order valence-corrected chi connectivity index (χ3v) is 3.91. The van der Waals surface area contributed by atoms with E-state index in [9.17, 15) is 0 Å². The van der Waals surface area contributed by atoms with Crippen LogP contribution in [0.2, 0.25) is 0 Å². The first kappa shape index (κ1) is 13.6. The fourth-order valence-corrected chi connectivity index (χ4v) is 2.45. The van der Waals surface area contributed by atoms with Gasteiger partial charge in [0.1, 0.15) is 0 Å². The van der Waals surface area contributed by atoms with Crippen LogP contribution in [0.15, 0.2) is 35.2 Å². The van der Waals surface area contributed by atoms with Crippen LogP contribution in [0, 0.1) is 5.41 Å². The Bertz CT molecular complexity index is 282. The van der Waals surface area contributed by atoms with E-state index in [-0.39, 0.29) is 0 Å². The van der Waals surface area contributed by atoms with Gasteiger partial charge >= 0.3 is 0 Å². The second-order valence-corrected chi connectivity index (χ2v) is 6.16. The number of rotatable bonds is 7. The lowest BCUT2D eigenvalue weighted by molar-refractivity contribution is 0.336. The SMILES string of the molecule is CC(C)(CN)CCCCSc1ccccc1. The second-order valence-electron chi connectivity index (χ2n) is 4.99. The van der Waals surface area contributed by atoms with Gasteiger partial charge in [0.2, 0.25) is 0 Å². The van der Waals surface area contributed by atoms with E-state index in [2.05, 4.69) is 44.2 Å². The van der Waals surface area contributed by atoms with E-state index < -0.39 is 0 Å². The molecule has 0 aliphatic heterocycles. The molecular formula is C14H23NS. The smallest absolute Gasteiger partial charge is 0.00719 e. The van der Waals surface area contributed by atoms with E-state index in [0.29, 0.717) is 5.41 Å². The molecule has 1 nitrogen and oxygen atoms in total. The Morgan fingerprint density at radius 2 is 1.81 bits per heavy atom. The topological polar surface area (TPSA) is 26.0 Å². The zero-order chi connectivity index (χ0) is 11.9. The molecule has 1 aromatic carbocycles. The van der Waals surface area contributed by atoms with Gasteiger partial charge in [0.05, 0.1) is 0 Å². The van der Waals surface area contributed by atoms with E-state index in [1.54, 1.807) is 0 Å². The van der Waals surface area contributed by atoms with Gasteiger partial charge in [0.15, 0.2) is 0 Å². The molecule has 2 heteroatoms. The van der Waals surface area contributed by atoms with Crippen LogP contribution in [0.4, 0.5) is 0 Å². The minimum atomic E-state index is 0.317. The first-order valence-corrected chi connectivity index (χ1v) is 7.00. The van der Waals surface area contributed by atoms with Crippen molar-refractivity contribution in [2.45, 2.75) is 38.0 Å². The van der Waals surface area contributed by atoms with Crippen molar-refractivity contribution in [2.24, 2.45) is 11.1 Å². The summed E-state index contributed by atoms with van der Waals surface area (Å²) in [7, 11) is 0. The summed E-state index contributed by atoms with van der Waals surface area (Å²) in [4.78, 5) is 1.38. The Labute approximate surface area is 104 Å². The Hall–Kier alpha value is -0.470. The van der Waals surface area contributed by atoms with Crippen molar-refractivity contribution in [3.8, 4) is 0 Å². The molecule has 0 saturated carbocycles. The predicted octanol–water partition coefficient (Wildman–Crippen LogP) is 3.93. The first-order valence-electron chi connectivity index (χ1n) is 6.02. The minimum Gasteiger partial charge on any atom is -0.330 e. The van der Waals surface area contributed by atoms with Crippen molar-refractivity contribution in [2.75, 3.05) is 12.3 Å². The van der Waals surface area contributed by atoms with Crippen LogP contribution in [-0.4, -0.2) is 12.3 Å². The van der Waals surface area contributed by atoms with Gasteiger partial charge in [-0.15, -0.1) is 11.8 Å². The van der Waals surface area contributed by atoms with Gasteiger partial charge in [-0.1, -0.05) is 38.5 Å². The molecule has 0 fully saturated rings. The maximum Gasteiger partial charge on any atom is 0.00719 e. The average Bonchev–Trinajstić information content (AvgIpc) is 2.30. The highest BCUT2D eigenvalue weighted by atomic mass is 32.2. The van der Waals surface area contributed by atoms with Crippen molar-refractivity contribution >= 4 is 11.8 Å². The predicted molar refractivity (Wildman–Crippen MR) is 73.9 cm³/mol. The quantitative estimate of drug-likeness (QED) is 0.574. The van der Waals surface area contributed by atoms with Gasteiger partial charge in [0, 0.05) is 4.90 Å². The first-order chi connectivity index (χ1) is 7.64. The number of hydrogen-bond donors (Lipinski definition) is 1. The zero-order valence-electron chi connectivity index (χ0n) is 10.4. The van der Waals surface area contributed by atoms with Crippen molar-refractivity contribution in [3.63, 3.8) is 0 Å². The molecule has 0 radical (unpaired) electrons. The molecule has 0 bridgehead atoms. The van der Waals surface area contributed by atoms with E-state index in [1.807, 2.05) is 11.8 Å². The Morgan fingerprint density at radius 3 is 2.44 bits per heavy atom. The van der Waals surface area contributed by atoms with Crippen LogP contribution in [0.1, 0.15) is 33.1 Å². The third kappa shape index (κ3) is 5.57. The summed E-state index contributed by atoms with van der Waals surface area (Å²) in [6.45, 7) is 5.29. The van der Waals surface area contributed by atoms with E-state index in [1.165, 1.54) is 29.9 Å². The monoisotopic (exact) mass is 237 g/mol. The molecule has 2 N–H and O–H groups in total. The summed E-state index contributed by atoms with van der Waals surface area (Å²) < 4.78 is 0. The molecule has 0 aliphatic rings. The molecule has 0 unspecified atom stereocenters. The van der Waals surface area contributed by atoms with Crippen LogP contribution in [0.25, 0.3) is 0 Å². The number of thioether (sulfide) groups is 1. The summed E-state index contributed by atoms with van der Waals surface area (Å²) >= 11 is 1.95. The van der Waals surface area contributed by atoms with Gasteiger partial charge in [0.25, 0.3) is 0 Å². The van der Waals surface area contributed by atoms with Crippen LogP contribution >= 0.6 is 11.8 Å². The Balaban J connectivity index is 2.09. The molecule has 0 aliphatic carbocycles. The van der Waals surface area contributed by atoms with Crippen molar-refractivity contribution in [1.82, 2.24) is 0 Å². The summed E-state index contributed by atoms with van der Waals surface area (Å²) in [5.41, 5.74) is 6.02. The molecule has 0 saturated heterocycles. The highest BCUT2D eigenvalue weighted by Crippen LogP contribution is 2.23. The maximum atomic E-state index is 5.71. The molecule has 0 spiro atoms. The van der Waals surface area contributed by atoms with Gasteiger partial charge < -0.3 is 5.73 Å². The van der Waals surface area contributed by atoms with Crippen molar-refractivity contribution in [1.29, 1.82) is 0 Å². The molecule has 0 aromatic heterocycles. The molecule has 90 valence electrons. The fraction of sp³-hybridized carbons (Fsp3) is 0.571. The van der Waals surface area contributed by atoms with Gasteiger partial charge in [-0.25, -0.2) is 0 Å². The van der Waals surface area contributed by atoms with E-state index in [0.717, 1.165) is 6.54 Å². The maximum absolute atomic E-state index is 5.71. The van der Waals surface area contributed by atoms with Crippen LogP contribution < -0.4 is 5.73 Å². The van der Waals surface area contributed by atoms with Gasteiger partial charge in [-0.05, 0) is 42.7 Å². The summed E-state index contributed by atoms with van der Waals surface area (Å²) in [5, 5.41) is 0. The van der Waals surface area contributed by atoms with Crippen molar-refractivity contribution in [3.05, 3.63) is 30.3 Å². The number of nitrogens with two attached hydrogens (primary N) is 1. The summed E-state index contributed by atoms with van der Waals surface area (Å²) in [5.74, 6) is 1.21. The molecule has 0 heterocycles. The largest absolute Gasteiger partial charge is 0.330 e. The van der Waals surface area contributed by atoms with Gasteiger partial charge in [-0.2, -0.15) is 0 Å². The summed E-state index contributed by atoms with van der Waals surface area (Å²) in [6, 6.07) is 10.6. The number of benzene rings is 1. The summed E-state index contributed by atoms with van der Waals surface area (Å²) in [6.07, 6.45) is 3.80. The number of hydrogen-bond acceptors (Lipinski definition) is 2. The highest BCUT2D eigenvalue weighted by Gasteiger charge is 2.14. The molecule has 0 amide bonds. The normalized spacial score (nSPS) is 11.7. The standard InChI is InChI=1S/C14H23NS/c1-14(2,12-15)10-6-7-11-16-13-8-4-3-5-9-13/h3-5,8-9H,6-7,10-12,15H2,1-2H3. The molecule has 0 atom stereocenters. The van der Waals surface area contributed by atoms with Crippen LogP contribution in [0.5, 0.6) is 0 Å². The lowest BCUT2D eigenvalue weighted by Gasteiger charge is -2.21. The molecular weight excluding hydrogens is 214 g/mol. The third-order valence-electron chi connectivity index (χ3n) is 2.81. The van der Waals surface area contributed by atoms with Crippen LogP contribution in [0.3, 0.4) is 0 Å². The second kappa shape index (κ2) is 6.97. The Kier molecular flexibility index (Phi) is 5.93. The van der Waals surface area contributed by atoms with Crippen LogP contribution in [-0.2, 0) is 0 Å². The molecule has 16 heavy (non-hydrogen) atoms. The molecule has 1 rings (SSSR count). The fourth-order valence-electron chi connectivity index (χ4n) is 1.51. The zero-order valence-corrected chi connectivity index (χ0v) is 11.2. The Morgan fingerprint density at radius 1 is 1.12 bits per heavy atom. The highest BCUT2D eigenvalue weighted by molar-refractivity contribution is 7.99. The molecule has 1 aromatic rings. The average molecular weight is 237 g/mol. The lowest BCUT2D eigenvalue weighted by atomic mass is 9.88. The lowest BCUT2D eigenvalue weighted by Crippen LogP contribution is -2.23. The number of unbranched alkanes of at least 4 members (excludes halogenated alkanes) is 1. The minimum absolute atomic E-state index is 0.317.